The lowest BCUT2D eigenvalue weighted by Crippen LogP contribution is -2.47. The van der Waals surface area contributed by atoms with Gasteiger partial charge in [-0.1, -0.05) is 18.2 Å². The first-order valence-electron chi connectivity index (χ1n) is 10.2. The van der Waals surface area contributed by atoms with Gasteiger partial charge in [-0.05, 0) is 24.3 Å². The molecule has 1 aliphatic heterocycles. The number of fused-ring (bicyclic) bond motifs is 2. The van der Waals surface area contributed by atoms with Crippen LogP contribution in [0, 0.1) is 0 Å². The van der Waals surface area contributed by atoms with Crippen LogP contribution in [0.4, 0.5) is 17.6 Å². The van der Waals surface area contributed by atoms with Crippen LogP contribution in [0.15, 0.2) is 48.5 Å². The van der Waals surface area contributed by atoms with E-state index in [4.69, 9.17) is 25.2 Å². The van der Waals surface area contributed by atoms with Gasteiger partial charge < -0.3 is 25.0 Å². The molecule has 32 heavy (non-hydrogen) atoms. The Morgan fingerprint density at radius 3 is 2.22 bits per heavy atom. The molecule has 2 aromatic carbocycles. The second kappa shape index (κ2) is 8.92. The summed E-state index contributed by atoms with van der Waals surface area (Å²) in [5, 5.41) is 1.90. The number of aromatic nitrogens is 3. The fourth-order valence-corrected chi connectivity index (χ4v) is 3.97. The zero-order valence-corrected chi connectivity index (χ0v) is 18.8. The molecule has 8 nitrogen and oxygen atoms in total. The highest BCUT2D eigenvalue weighted by atomic mass is 35.5. The van der Waals surface area contributed by atoms with Crippen LogP contribution < -0.4 is 25.0 Å². The zero-order valence-electron chi connectivity index (χ0n) is 18.0. The van der Waals surface area contributed by atoms with Crippen LogP contribution in [0.1, 0.15) is 0 Å². The van der Waals surface area contributed by atoms with Crippen molar-refractivity contribution >= 4 is 51.8 Å². The Morgan fingerprint density at radius 1 is 0.781 bits per heavy atom. The van der Waals surface area contributed by atoms with Crippen molar-refractivity contribution in [1.29, 1.82) is 0 Å². The molecule has 4 aromatic rings. The number of nitrogens with two attached hydrogens (primary N) is 1. The molecule has 0 bridgehead atoms. The maximum Gasteiger partial charge on any atom is 0.228 e. The number of hydrogen-bond donors (Lipinski definition) is 1. The minimum atomic E-state index is 0. The molecule has 9 heteroatoms. The van der Waals surface area contributed by atoms with Gasteiger partial charge in [0.25, 0.3) is 0 Å². The number of para-hydroxylation sites is 1. The van der Waals surface area contributed by atoms with Crippen molar-refractivity contribution in [1.82, 2.24) is 15.0 Å². The summed E-state index contributed by atoms with van der Waals surface area (Å²) in [5.74, 6) is 3.28. The van der Waals surface area contributed by atoms with E-state index in [9.17, 15) is 0 Å². The molecule has 1 fully saturated rings. The molecule has 2 N–H and O–H groups in total. The van der Waals surface area contributed by atoms with Crippen molar-refractivity contribution in [3.05, 3.63) is 48.5 Å². The van der Waals surface area contributed by atoms with Gasteiger partial charge in [0.1, 0.15) is 11.6 Å². The second-order valence-electron chi connectivity index (χ2n) is 7.47. The number of ether oxygens (including phenoxy) is 2. The zero-order chi connectivity index (χ0) is 21.4. The van der Waals surface area contributed by atoms with Crippen molar-refractivity contribution in [2.75, 3.05) is 55.9 Å². The molecule has 2 aromatic heterocycles. The molecule has 0 aliphatic carbocycles. The summed E-state index contributed by atoms with van der Waals surface area (Å²) in [6.45, 7) is 3.23. The Labute approximate surface area is 192 Å². The first-order valence-corrected chi connectivity index (χ1v) is 10.2. The highest BCUT2D eigenvalue weighted by molar-refractivity contribution is 5.91. The predicted octanol–water partition coefficient (Wildman–Crippen LogP) is 3.53. The van der Waals surface area contributed by atoms with Crippen molar-refractivity contribution in [2.45, 2.75) is 0 Å². The number of nitrogen functional groups attached to an aromatic ring is 1. The monoisotopic (exact) mass is 452 g/mol. The van der Waals surface area contributed by atoms with Crippen LogP contribution in [0.5, 0.6) is 11.5 Å². The van der Waals surface area contributed by atoms with Crippen molar-refractivity contribution in [3.63, 3.8) is 0 Å². The smallest absolute Gasteiger partial charge is 0.228 e. The molecule has 0 unspecified atom stereocenters. The molecule has 3 heterocycles. The van der Waals surface area contributed by atoms with Gasteiger partial charge in [-0.3, -0.25) is 0 Å². The Kier molecular flexibility index (Phi) is 6.05. The van der Waals surface area contributed by atoms with Gasteiger partial charge in [0.2, 0.25) is 5.95 Å². The minimum absolute atomic E-state index is 0. The van der Waals surface area contributed by atoms with Crippen LogP contribution in [-0.4, -0.2) is 55.4 Å². The van der Waals surface area contributed by atoms with Crippen LogP contribution in [0.2, 0.25) is 0 Å². The predicted molar refractivity (Wildman–Crippen MR) is 130 cm³/mol. The van der Waals surface area contributed by atoms with Crippen LogP contribution in [0.3, 0.4) is 0 Å². The lowest BCUT2D eigenvalue weighted by Gasteiger charge is -2.35. The van der Waals surface area contributed by atoms with E-state index in [1.54, 1.807) is 14.2 Å². The third-order valence-corrected chi connectivity index (χ3v) is 5.69. The summed E-state index contributed by atoms with van der Waals surface area (Å²) in [7, 11) is 3.20. The molecule has 5 rings (SSSR count). The second-order valence-corrected chi connectivity index (χ2v) is 7.47. The van der Waals surface area contributed by atoms with Gasteiger partial charge in [0.05, 0.1) is 25.3 Å². The topological polar surface area (TPSA) is 89.6 Å². The Bertz CT molecular complexity index is 1260. The summed E-state index contributed by atoms with van der Waals surface area (Å²) >= 11 is 0. The lowest BCUT2D eigenvalue weighted by atomic mass is 10.2. The van der Waals surface area contributed by atoms with E-state index < -0.39 is 0 Å². The van der Waals surface area contributed by atoms with Crippen molar-refractivity contribution in [3.8, 4) is 11.5 Å². The average molecular weight is 453 g/mol. The number of anilines is 3. The van der Waals surface area contributed by atoms with E-state index in [1.165, 1.54) is 0 Å². The standard InChI is InChI=1S/C23H24N6O2.ClH/c1-30-19-13-16-18(14-20(19)31-2)26-23(27-22(16)24)29-11-9-28(10-12-29)21-8-7-15-5-3-4-6-17(15)25-21;/h3-8,13-14H,9-12H2,1-2H3,(H2,24,26,27);1H. The van der Waals surface area contributed by atoms with Crippen molar-refractivity contribution in [2.24, 2.45) is 0 Å². The van der Waals surface area contributed by atoms with Gasteiger partial charge in [0, 0.05) is 43.0 Å². The van der Waals surface area contributed by atoms with Crippen LogP contribution >= 0.6 is 12.4 Å². The summed E-state index contributed by atoms with van der Waals surface area (Å²) in [4.78, 5) is 18.6. The molecule has 0 atom stereocenters. The molecule has 166 valence electrons. The number of halogens is 1. The van der Waals surface area contributed by atoms with Gasteiger partial charge in [-0.15, -0.1) is 12.4 Å². The van der Waals surface area contributed by atoms with Gasteiger partial charge in [0.15, 0.2) is 11.5 Å². The molecule has 1 aliphatic rings. The van der Waals surface area contributed by atoms with Gasteiger partial charge in [-0.2, -0.15) is 4.98 Å². The number of piperazine rings is 1. The number of nitrogens with zero attached hydrogens (tertiary/aromatic N) is 5. The number of methoxy groups -OCH3 is 2. The van der Waals surface area contributed by atoms with Gasteiger partial charge in [-0.25, -0.2) is 9.97 Å². The van der Waals surface area contributed by atoms with E-state index in [0.29, 0.717) is 23.3 Å². The van der Waals surface area contributed by atoms with E-state index in [1.807, 2.05) is 30.3 Å². The Hall–Kier alpha value is -3.52. The first-order chi connectivity index (χ1) is 15.2. The lowest BCUT2D eigenvalue weighted by molar-refractivity contribution is 0.356. The van der Waals surface area contributed by atoms with E-state index in [0.717, 1.165) is 53.8 Å². The number of rotatable bonds is 4. The quantitative estimate of drug-likeness (QED) is 0.503. The fraction of sp³-hybridized carbons (Fsp3) is 0.261. The summed E-state index contributed by atoms with van der Waals surface area (Å²) in [6.07, 6.45) is 0. The molecular formula is C23H25ClN6O2. The normalized spacial score (nSPS) is 13.8. The first kappa shape index (κ1) is 21.7. The molecular weight excluding hydrogens is 428 g/mol. The number of pyridine rings is 1. The molecule has 1 saturated heterocycles. The third-order valence-electron chi connectivity index (χ3n) is 5.69. The van der Waals surface area contributed by atoms with E-state index in [2.05, 4.69) is 33.0 Å². The summed E-state index contributed by atoms with van der Waals surface area (Å²) in [6, 6.07) is 16.0. The molecule has 0 amide bonds. The molecule has 0 saturated carbocycles. The summed E-state index contributed by atoms with van der Waals surface area (Å²) < 4.78 is 10.8. The molecule has 0 spiro atoms. The Morgan fingerprint density at radius 2 is 1.47 bits per heavy atom. The maximum atomic E-state index is 6.26. The van der Waals surface area contributed by atoms with E-state index >= 15 is 0 Å². The van der Waals surface area contributed by atoms with Gasteiger partial charge >= 0.3 is 0 Å². The largest absolute Gasteiger partial charge is 0.493 e. The van der Waals surface area contributed by atoms with E-state index in [-0.39, 0.29) is 12.4 Å². The average Bonchev–Trinajstić information content (AvgIpc) is 2.83. The third kappa shape index (κ3) is 3.89. The minimum Gasteiger partial charge on any atom is -0.493 e. The Balaban J connectivity index is 0.00000245. The highest BCUT2D eigenvalue weighted by Gasteiger charge is 2.22. The SMILES string of the molecule is COc1cc2nc(N3CCN(c4ccc5ccccc5n4)CC3)nc(N)c2cc1OC.Cl. The highest BCUT2D eigenvalue weighted by Crippen LogP contribution is 2.34. The number of hydrogen-bond acceptors (Lipinski definition) is 8. The van der Waals surface area contributed by atoms with Crippen LogP contribution in [-0.2, 0) is 0 Å². The molecule has 0 radical (unpaired) electrons. The fourth-order valence-electron chi connectivity index (χ4n) is 3.97. The summed E-state index contributed by atoms with van der Waals surface area (Å²) in [5.41, 5.74) is 8.00. The number of benzene rings is 2. The van der Waals surface area contributed by atoms with Crippen LogP contribution in [0.25, 0.3) is 21.8 Å². The van der Waals surface area contributed by atoms with Crippen molar-refractivity contribution < 1.29 is 9.47 Å². The maximum absolute atomic E-state index is 6.26.